The van der Waals surface area contributed by atoms with E-state index in [4.69, 9.17) is 9.47 Å². The molecule has 2 aromatic rings. The van der Waals surface area contributed by atoms with Crippen molar-refractivity contribution in [3.8, 4) is 11.5 Å². The third-order valence-corrected chi connectivity index (χ3v) is 3.95. The lowest BCUT2D eigenvalue weighted by molar-refractivity contribution is -0.122. The minimum atomic E-state index is -0.529. The number of carbonyl (C=O) groups excluding carboxylic acids is 2. The molecule has 0 unspecified atom stereocenters. The van der Waals surface area contributed by atoms with Gasteiger partial charge in [0, 0.05) is 5.69 Å². The molecule has 6 heteroatoms. The average Bonchev–Trinajstić information content (AvgIpc) is 2.56. The summed E-state index contributed by atoms with van der Waals surface area (Å²) in [6, 6.07) is 10.9. The van der Waals surface area contributed by atoms with Crippen molar-refractivity contribution in [1.29, 1.82) is 0 Å². The number of fused-ring (bicyclic) bond motifs is 1. The molecule has 6 nitrogen and oxygen atoms in total. The van der Waals surface area contributed by atoms with Crippen molar-refractivity contribution in [3.63, 3.8) is 0 Å². The Bertz CT molecular complexity index is 812. The molecule has 1 atom stereocenters. The van der Waals surface area contributed by atoms with Crippen molar-refractivity contribution < 1.29 is 19.1 Å². The van der Waals surface area contributed by atoms with Gasteiger partial charge in [0.25, 0.3) is 11.8 Å². The van der Waals surface area contributed by atoms with E-state index < -0.39 is 6.10 Å². The van der Waals surface area contributed by atoms with Gasteiger partial charge in [-0.05, 0) is 50.1 Å². The normalized spacial score (nSPS) is 15.6. The number of aryl methyl sites for hydroxylation is 2. The zero-order valence-electron chi connectivity index (χ0n) is 14.4. The maximum atomic E-state index is 12.1. The fourth-order valence-corrected chi connectivity index (χ4v) is 2.65. The van der Waals surface area contributed by atoms with Crippen LogP contribution in [0.15, 0.2) is 36.4 Å². The van der Waals surface area contributed by atoms with Gasteiger partial charge in [0.1, 0.15) is 11.5 Å². The Morgan fingerprint density at radius 2 is 1.96 bits per heavy atom. The predicted octanol–water partition coefficient (Wildman–Crippen LogP) is 3.04. The molecule has 130 valence electrons. The molecule has 0 saturated carbocycles. The first-order valence-corrected chi connectivity index (χ1v) is 8.04. The van der Waals surface area contributed by atoms with Gasteiger partial charge in [-0.1, -0.05) is 18.2 Å². The third-order valence-electron chi connectivity index (χ3n) is 3.95. The van der Waals surface area contributed by atoms with Gasteiger partial charge in [-0.3, -0.25) is 9.59 Å². The molecule has 0 radical (unpaired) electrons. The monoisotopic (exact) mass is 340 g/mol. The highest BCUT2D eigenvalue weighted by Crippen LogP contribution is 2.32. The highest BCUT2D eigenvalue weighted by atomic mass is 16.5. The summed E-state index contributed by atoms with van der Waals surface area (Å²) < 4.78 is 11.1. The molecule has 2 aromatic carbocycles. The Hall–Kier alpha value is -3.02. The molecule has 1 heterocycles. The van der Waals surface area contributed by atoms with Crippen LogP contribution in [0.4, 0.5) is 11.4 Å². The summed E-state index contributed by atoms with van der Waals surface area (Å²) in [7, 11) is 0. The van der Waals surface area contributed by atoms with Crippen LogP contribution in [-0.2, 0) is 9.59 Å². The molecule has 0 aliphatic carbocycles. The number of carbonyl (C=O) groups is 2. The minimum absolute atomic E-state index is 0.0946. The van der Waals surface area contributed by atoms with Gasteiger partial charge in [-0.25, -0.2) is 0 Å². The SMILES string of the molecule is Cc1cccc(C)c1OCC(=O)Nc1ccc2c(c1)NC(=O)[C@@H](C)O2. The first-order chi connectivity index (χ1) is 11.9. The van der Waals surface area contributed by atoms with Crippen LogP contribution >= 0.6 is 0 Å². The van der Waals surface area contributed by atoms with Crippen LogP contribution in [0.2, 0.25) is 0 Å². The molecule has 1 aliphatic rings. The van der Waals surface area contributed by atoms with Crippen LogP contribution in [0.25, 0.3) is 0 Å². The smallest absolute Gasteiger partial charge is 0.265 e. The molecule has 3 rings (SSSR count). The summed E-state index contributed by atoms with van der Waals surface area (Å²) in [5, 5.41) is 5.51. The molecule has 0 fully saturated rings. The highest BCUT2D eigenvalue weighted by molar-refractivity contribution is 5.99. The number of nitrogens with one attached hydrogen (secondary N) is 2. The van der Waals surface area contributed by atoms with Gasteiger partial charge in [0.05, 0.1) is 5.69 Å². The molecule has 1 aliphatic heterocycles. The number of rotatable bonds is 4. The van der Waals surface area contributed by atoms with Crippen molar-refractivity contribution >= 4 is 23.2 Å². The molecule has 0 bridgehead atoms. The zero-order valence-corrected chi connectivity index (χ0v) is 14.4. The molecule has 0 saturated heterocycles. The Labute approximate surface area is 146 Å². The van der Waals surface area contributed by atoms with E-state index >= 15 is 0 Å². The quantitative estimate of drug-likeness (QED) is 0.897. The van der Waals surface area contributed by atoms with E-state index in [0.29, 0.717) is 17.1 Å². The number of benzene rings is 2. The van der Waals surface area contributed by atoms with E-state index in [-0.39, 0.29) is 18.4 Å². The van der Waals surface area contributed by atoms with E-state index in [1.54, 1.807) is 25.1 Å². The summed E-state index contributed by atoms with van der Waals surface area (Å²) in [6.07, 6.45) is -0.529. The number of amides is 2. The molecule has 0 aromatic heterocycles. The predicted molar refractivity (Wildman–Crippen MR) is 95.2 cm³/mol. The lowest BCUT2D eigenvalue weighted by Crippen LogP contribution is -2.34. The van der Waals surface area contributed by atoms with E-state index in [1.165, 1.54) is 0 Å². The standard InChI is InChI=1S/C19H20N2O4/c1-11-5-4-6-12(2)18(11)24-10-17(22)20-14-7-8-16-15(9-14)21-19(23)13(3)25-16/h4-9,13H,10H2,1-3H3,(H,20,22)(H,21,23)/t13-/m1/s1. The average molecular weight is 340 g/mol. The Morgan fingerprint density at radius 3 is 2.68 bits per heavy atom. The molecular formula is C19H20N2O4. The fourth-order valence-electron chi connectivity index (χ4n) is 2.65. The van der Waals surface area contributed by atoms with Crippen LogP contribution in [0.5, 0.6) is 11.5 Å². The second-order valence-corrected chi connectivity index (χ2v) is 6.02. The minimum Gasteiger partial charge on any atom is -0.483 e. The van der Waals surface area contributed by atoms with Gasteiger partial charge < -0.3 is 20.1 Å². The van der Waals surface area contributed by atoms with E-state index in [9.17, 15) is 9.59 Å². The topological polar surface area (TPSA) is 76.7 Å². The van der Waals surface area contributed by atoms with E-state index in [2.05, 4.69) is 10.6 Å². The lowest BCUT2D eigenvalue weighted by atomic mass is 10.1. The van der Waals surface area contributed by atoms with Crippen molar-refractivity contribution in [2.24, 2.45) is 0 Å². The summed E-state index contributed by atoms with van der Waals surface area (Å²) in [4.78, 5) is 23.8. The highest BCUT2D eigenvalue weighted by Gasteiger charge is 2.23. The Kier molecular flexibility index (Phi) is 4.61. The van der Waals surface area contributed by atoms with Crippen molar-refractivity contribution in [1.82, 2.24) is 0 Å². The fraction of sp³-hybridized carbons (Fsp3) is 0.263. The first-order valence-electron chi connectivity index (χ1n) is 8.04. The number of ether oxygens (including phenoxy) is 2. The third kappa shape index (κ3) is 3.74. The molecule has 2 N–H and O–H groups in total. The van der Waals surface area contributed by atoms with Crippen molar-refractivity contribution in [2.45, 2.75) is 26.9 Å². The number of para-hydroxylation sites is 1. The zero-order chi connectivity index (χ0) is 18.0. The maximum Gasteiger partial charge on any atom is 0.265 e. The van der Waals surface area contributed by atoms with Gasteiger partial charge in [0.15, 0.2) is 12.7 Å². The van der Waals surface area contributed by atoms with E-state index in [0.717, 1.165) is 16.9 Å². The summed E-state index contributed by atoms with van der Waals surface area (Å²) in [5.74, 6) is 0.808. The maximum absolute atomic E-state index is 12.1. The molecule has 0 spiro atoms. The summed E-state index contributed by atoms with van der Waals surface area (Å²) in [5.41, 5.74) is 3.06. The van der Waals surface area contributed by atoms with Crippen LogP contribution in [-0.4, -0.2) is 24.5 Å². The second-order valence-electron chi connectivity index (χ2n) is 6.02. The number of anilines is 2. The Morgan fingerprint density at radius 1 is 1.24 bits per heavy atom. The number of hydrogen-bond acceptors (Lipinski definition) is 4. The van der Waals surface area contributed by atoms with Crippen molar-refractivity contribution in [2.75, 3.05) is 17.2 Å². The van der Waals surface area contributed by atoms with Gasteiger partial charge in [-0.15, -0.1) is 0 Å². The largest absolute Gasteiger partial charge is 0.483 e. The van der Waals surface area contributed by atoms with E-state index in [1.807, 2.05) is 32.0 Å². The van der Waals surface area contributed by atoms with Gasteiger partial charge >= 0.3 is 0 Å². The van der Waals surface area contributed by atoms with Crippen molar-refractivity contribution in [3.05, 3.63) is 47.5 Å². The van der Waals surface area contributed by atoms with Crippen LogP contribution < -0.4 is 20.1 Å². The molecule has 25 heavy (non-hydrogen) atoms. The lowest BCUT2D eigenvalue weighted by Gasteiger charge is -2.23. The number of hydrogen-bond donors (Lipinski definition) is 2. The molecular weight excluding hydrogens is 320 g/mol. The van der Waals surface area contributed by atoms with Gasteiger partial charge in [-0.2, -0.15) is 0 Å². The Balaban J connectivity index is 1.64. The van der Waals surface area contributed by atoms with Crippen LogP contribution in [0, 0.1) is 13.8 Å². The van der Waals surface area contributed by atoms with Gasteiger partial charge in [0.2, 0.25) is 0 Å². The first kappa shape index (κ1) is 16.8. The summed E-state index contributed by atoms with van der Waals surface area (Å²) in [6.45, 7) is 5.46. The summed E-state index contributed by atoms with van der Waals surface area (Å²) >= 11 is 0. The molecule has 2 amide bonds. The van der Waals surface area contributed by atoms with Crippen LogP contribution in [0.3, 0.4) is 0 Å². The second kappa shape index (κ2) is 6.84. The van der Waals surface area contributed by atoms with Crippen LogP contribution in [0.1, 0.15) is 18.1 Å².